The number of halogens is 1. The zero-order chi connectivity index (χ0) is 22.5. The van der Waals surface area contributed by atoms with Crippen LogP contribution in [0.3, 0.4) is 0 Å². The Kier molecular flexibility index (Phi) is 6.47. The molecule has 0 fully saturated rings. The van der Waals surface area contributed by atoms with Crippen molar-refractivity contribution in [2.45, 2.75) is 13.5 Å². The van der Waals surface area contributed by atoms with Gasteiger partial charge < -0.3 is 10.1 Å². The summed E-state index contributed by atoms with van der Waals surface area (Å²) in [4.78, 5) is 29.4. The summed E-state index contributed by atoms with van der Waals surface area (Å²) in [7, 11) is 0. The van der Waals surface area contributed by atoms with E-state index in [1.54, 1.807) is 23.9 Å². The number of benzene rings is 2. The Morgan fingerprint density at radius 1 is 1.09 bits per heavy atom. The van der Waals surface area contributed by atoms with E-state index in [0.717, 1.165) is 11.1 Å². The van der Waals surface area contributed by atoms with Crippen molar-refractivity contribution in [1.82, 2.24) is 20.1 Å². The Morgan fingerprint density at radius 3 is 2.56 bits per heavy atom. The zero-order valence-corrected chi connectivity index (χ0v) is 18.2. The number of hydrogen-bond acceptors (Lipinski definition) is 5. The topological polar surface area (TPSA) is 86.1 Å². The first-order valence-corrected chi connectivity index (χ1v) is 10.5. The van der Waals surface area contributed by atoms with E-state index >= 15 is 0 Å². The summed E-state index contributed by atoms with van der Waals surface area (Å²) < 4.78 is 6.98. The third-order valence-electron chi connectivity index (χ3n) is 4.85. The second-order valence-corrected chi connectivity index (χ2v) is 7.55. The molecule has 2 heterocycles. The highest BCUT2D eigenvalue weighted by Crippen LogP contribution is 2.26. The molecular weight excluding hydrogens is 428 g/mol. The van der Waals surface area contributed by atoms with Crippen molar-refractivity contribution < 1.29 is 14.3 Å². The van der Waals surface area contributed by atoms with E-state index in [0.29, 0.717) is 40.4 Å². The van der Waals surface area contributed by atoms with Gasteiger partial charge in [0.25, 0.3) is 5.91 Å². The highest BCUT2D eigenvalue weighted by atomic mass is 35.5. The van der Waals surface area contributed by atoms with Crippen molar-refractivity contribution in [3.63, 3.8) is 0 Å². The van der Waals surface area contributed by atoms with Gasteiger partial charge in [0, 0.05) is 17.1 Å². The molecular formula is C24H21ClN4O3. The van der Waals surface area contributed by atoms with E-state index in [9.17, 15) is 9.59 Å². The van der Waals surface area contributed by atoms with Crippen LogP contribution in [-0.4, -0.2) is 39.8 Å². The molecule has 0 radical (unpaired) electrons. The van der Waals surface area contributed by atoms with Crippen LogP contribution in [0.1, 0.15) is 22.8 Å². The van der Waals surface area contributed by atoms with Gasteiger partial charge in [0.15, 0.2) is 12.3 Å². The Morgan fingerprint density at radius 2 is 1.84 bits per heavy atom. The van der Waals surface area contributed by atoms with E-state index in [-0.39, 0.29) is 12.5 Å². The van der Waals surface area contributed by atoms with Crippen LogP contribution in [0.4, 0.5) is 0 Å². The third-order valence-corrected chi connectivity index (χ3v) is 5.10. The minimum Gasteiger partial charge on any atom is -0.452 e. The third kappa shape index (κ3) is 4.78. The summed E-state index contributed by atoms with van der Waals surface area (Å²) in [6, 6.07) is 18.7. The molecule has 162 valence electrons. The summed E-state index contributed by atoms with van der Waals surface area (Å²) in [6.45, 7) is 2.37. The number of hydrogen-bond donors (Lipinski definition) is 1. The van der Waals surface area contributed by atoms with Crippen molar-refractivity contribution in [2.24, 2.45) is 0 Å². The number of carbonyl (C=O) groups excluding carboxylic acids is 2. The molecule has 0 spiro atoms. The molecule has 1 amide bonds. The molecule has 0 aliphatic carbocycles. The monoisotopic (exact) mass is 448 g/mol. The molecule has 0 aliphatic rings. The quantitative estimate of drug-likeness (QED) is 0.430. The molecule has 32 heavy (non-hydrogen) atoms. The largest absolute Gasteiger partial charge is 0.452 e. The second-order valence-electron chi connectivity index (χ2n) is 7.12. The van der Waals surface area contributed by atoms with E-state index < -0.39 is 5.97 Å². The fourth-order valence-corrected chi connectivity index (χ4v) is 3.43. The number of nitrogens with zero attached hydrogens (tertiary/aromatic N) is 3. The summed E-state index contributed by atoms with van der Waals surface area (Å²) in [6.07, 6.45) is 1.59. The van der Waals surface area contributed by atoms with Gasteiger partial charge in [-0.15, -0.1) is 0 Å². The minimum absolute atomic E-state index is 0.306. The lowest BCUT2D eigenvalue weighted by Gasteiger charge is -2.10. The van der Waals surface area contributed by atoms with Crippen molar-refractivity contribution >= 4 is 34.5 Å². The number of aromatic nitrogens is 3. The lowest BCUT2D eigenvalue weighted by Crippen LogP contribution is -2.28. The van der Waals surface area contributed by atoms with Gasteiger partial charge in [0.05, 0.1) is 29.4 Å². The minimum atomic E-state index is -0.605. The van der Waals surface area contributed by atoms with Gasteiger partial charge in [-0.05, 0) is 30.7 Å². The molecule has 1 N–H and O–H groups in total. The summed E-state index contributed by atoms with van der Waals surface area (Å²) in [5.41, 5.74) is 3.31. The number of nitrogens with one attached hydrogen (secondary N) is 1. The maximum atomic E-state index is 12.9. The van der Waals surface area contributed by atoms with Gasteiger partial charge >= 0.3 is 5.97 Å². The SMILES string of the molecule is CCNC(=O)COC(=O)c1cc(-c2ccccc2)nc2c1cnn2Cc1ccc(Cl)cc1. The van der Waals surface area contributed by atoms with Gasteiger partial charge in [0.2, 0.25) is 0 Å². The first kappa shape index (κ1) is 21.5. The van der Waals surface area contributed by atoms with Gasteiger partial charge in [-0.25, -0.2) is 14.5 Å². The Bertz CT molecular complexity index is 1250. The molecule has 0 saturated carbocycles. The summed E-state index contributed by atoms with van der Waals surface area (Å²) >= 11 is 5.99. The van der Waals surface area contributed by atoms with Crippen LogP contribution in [0.15, 0.2) is 66.9 Å². The van der Waals surface area contributed by atoms with Gasteiger partial charge in [-0.3, -0.25) is 4.79 Å². The lowest BCUT2D eigenvalue weighted by molar-refractivity contribution is -0.124. The lowest BCUT2D eigenvalue weighted by atomic mass is 10.1. The number of fused-ring (bicyclic) bond motifs is 1. The van der Waals surface area contributed by atoms with Crippen LogP contribution in [0, 0.1) is 0 Å². The summed E-state index contributed by atoms with van der Waals surface area (Å²) in [5.74, 6) is -0.959. The van der Waals surface area contributed by atoms with Crippen LogP contribution < -0.4 is 5.32 Å². The Labute approximate surface area is 190 Å². The standard InChI is InChI=1S/C24H21ClN4O3/c1-2-26-22(30)15-32-24(31)19-12-21(17-6-4-3-5-7-17)28-23-20(19)13-27-29(23)14-16-8-10-18(25)11-9-16/h3-13H,2,14-15H2,1H3,(H,26,30). The highest BCUT2D eigenvalue weighted by molar-refractivity contribution is 6.30. The van der Waals surface area contributed by atoms with E-state index in [1.165, 1.54) is 0 Å². The van der Waals surface area contributed by atoms with Gasteiger partial charge in [0.1, 0.15) is 0 Å². The van der Waals surface area contributed by atoms with E-state index in [4.69, 9.17) is 21.3 Å². The maximum Gasteiger partial charge on any atom is 0.339 e. The zero-order valence-electron chi connectivity index (χ0n) is 17.4. The van der Waals surface area contributed by atoms with Gasteiger partial charge in [-0.1, -0.05) is 54.1 Å². The van der Waals surface area contributed by atoms with Crippen LogP contribution in [0.25, 0.3) is 22.3 Å². The molecule has 0 atom stereocenters. The molecule has 0 aliphatic heterocycles. The molecule has 2 aromatic carbocycles. The number of esters is 1. The van der Waals surface area contributed by atoms with Crippen LogP contribution in [0.2, 0.25) is 5.02 Å². The molecule has 0 bridgehead atoms. The summed E-state index contributed by atoms with van der Waals surface area (Å²) in [5, 5.41) is 8.27. The number of likely N-dealkylation sites (N-methyl/N-ethyl adjacent to an activating group) is 1. The number of ether oxygens (including phenoxy) is 1. The van der Waals surface area contributed by atoms with Crippen LogP contribution in [0.5, 0.6) is 0 Å². The van der Waals surface area contributed by atoms with Crippen molar-refractivity contribution in [2.75, 3.05) is 13.2 Å². The predicted molar refractivity (Wildman–Crippen MR) is 122 cm³/mol. The number of carbonyl (C=O) groups is 2. The average Bonchev–Trinajstić information content (AvgIpc) is 3.22. The Balaban J connectivity index is 1.74. The highest BCUT2D eigenvalue weighted by Gasteiger charge is 2.19. The predicted octanol–water partition coefficient (Wildman–Crippen LogP) is 4.09. The fraction of sp³-hybridized carbons (Fsp3) is 0.167. The van der Waals surface area contributed by atoms with Crippen molar-refractivity contribution in [1.29, 1.82) is 0 Å². The molecule has 4 aromatic rings. The molecule has 4 rings (SSSR count). The number of amides is 1. The van der Waals surface area contributed by atoms with E-state index in [2.05, 4.69) is 10.4 Å². The molecule has 2 aromatic heterocycles. The van der Waals surface area contributed by atoms with Gasteiger partial charge in [-0.2, -0.15) is 5.10 Å². The smallest absolute Gasteiger partial charge is 0.339 e. The first-order valence-electron chi connectivity index (χ1n) is 10.2. The fourth-order valence-electron chi connectivity index (χ4n) is 3.31. The molecule has 0 unspecified atom stereocenters. The van der Waals surface area contributed by atoms with Crippen molar-refractivity contribution in [3.8, 4) is 11.3 Å². The first-order chi connectivity index (χ1) is 15.5. The average molecular weight is 449 g/mol. The number of pyridine rings is 1. The molecule has 7 nitrogen and oxygen atoms in total. The van der Waals surface area contributed by atoms with E-state index in [1.807, 2.05) is 54.6 Å². The number of rotatable bonds is 7. The van der Waals surface area contributed by atoms with Crippen molar-refractivity contribution in [3.05, 3.63) is 83.0 Å². The molecule has 8 heteroatoms. The second kappa shape index (κ2) is 9.62. The van der Waals surface area contributed by atoms with Crippen LogP contribution >= 0.6 is 11.6 Å². The molecule has 0 saturated heterocycles. The van der Waals surface area contributed by atoms with Crippen LogP contribution in [-0.2, 0) is 16.1 Å². The normalized spacial score (nSPS) is 10.8. The maximum absolute atomic E-state index is 12.9. The Hall–Kier alpha value is -3.71.